The van der Waals surface area contributed by atoms with Gasteiger partial charge in [0.05, 0.1) is 5.38 Å². The molecule has 0 bridgehead atoms. The number of hydrogen-bond donors (Lipinski definition) is 0. The van der Waals surface area contributed by atoms with Crippen molar-refractivity contribution in [3.8, 4) is 0 Å². The molecule has 0 aliphatic carbocycles. The van der Waals surface area contributed by atoms with Gasteiger partial charge in [-0.15, -0.1) is 23.2 Å². The third kappa shape index (κ3) is 4.13. The van der Waals surface area contributed by atoms with E-state index in [1.165, 1.54) is 0 Å². The number of hydrogen-bond acceptors (Lipinski definition) is 1. The first-order valence-corrected chi connectivity index (χ1v) is 4.21. The summed E-state index contributed by atoms with van der Waals surface area (Å²) in [5.74, 6) is 0.573. The number of ketones is 1. The highest BCUT2D eigenvalue weighted by Crippen LogP contribution is 2.06. The third-order valence-electron chi connectivity index (χ3n) is 1.16. The van der Waals surface area contributed by atoms with Gasteiger partial charge < -0.3 is 0 Å². The van der Waals surface area contributed by atoms with Gasteiger partial charge in [0.15, 0.2) is 5.78 Å². The molecule has 0 aromatic heterocycles. The molecule has 0 spiro atoms. The van der Waals surface area contributed by atoms with Crippen LogP contribution < -0.4 is 0 Å². The second-order valence-electron chi connectivity index (χ2n) is 2.02. The Bertz CT molecular complexity index is 104. The first kappa shape index (κ1) is 10.2. The van der Waals surface area contributed by atoms with Gasteiger partial charge in [0, 0.05) is 12.3 Å². The molecule has 0 aliphatic heterocycles. The van der Waals surface area contributed by atoms with E-state index in [-0.39, 0.29) is 5.78 Å². The van der Waals surface area contributed by atoms with Gasteiger partial charge in [0.1, 0.15) is 0 Å². The summed E-state index contributed by atoms with van der Waals surface area (Å²) in [6, 6.07) is 0. The summed E-state index contributed by atoms with van der Waals surface area (Å²) in [5, 5.41) is -0.414. The van der Waals surface area contributed by atoms with E-state index < -0.39 is 5.38 Å². The fourth-order valence-electron chi connectivity index (χ4n) is 0.559. The highest BCUT2D eigenvalue weighted by molar-refractivity contribution is 6.31. The maximum atomic E-state index is 10.9. The van der Waals surface area contributed by atoms with E-state index in [4.69, 9.17) is 23.2 Å². The Morgan fingerprint density at radius 1 is 1.60 bits per heavy atom. The Morgan fingerprint density at radius 2 is 2.20 bits per heavy atom. The number of rotatable bonds is 5. The van der Waals surface area contributed by atoms with Gasteiger partial charge in [-0.25, -0.2) is 0 Å². The molecule has 1 atom stereocenters. The lowest BCUT2D eigenvalue weighted by Crippen LogP contribution is -2.12. The Balaban J connectivity index is 3.42. The van der Waals surface area contributed by atoms with E-state index in [1.54, 1.807) is 0 Å². The van der Waals surface area contributed by atoms with Gasteiger partial charge in [-0.05, 0) is 12.8 Å². The van der Waals surface area contributed by atoms with Crippen LogP contribution >= 0.6 is 23.2 Å². The molecule has 0 heterocycles. The molecule has 59 valence electrons. The lowest BCUT2D eigenvalue weighted by molar-refractivity contribution is -0.118. The molecular weight excluding hydrogens is 171 g/mol. The molecule has 0 aliphatic rings. The molecule has 0 rings (SSSR count). The van der Waals surface area contributed by atoms with Crippen LogP contribution in [0.4, 0.5) is 0 Å². The summed E-state index contributed by atoms with van der Waals surface area (Å²) in [7, 11) is 0. The second-order valence-corrected chi connectivity index (χ2v) is 2.92. The van der Waals surface area contributed by atoms with E-state index in [0.29, 0.717) is 25.1 Å². The molecule has 0 fully saturated rings. The summed E-state index contributed by atoms with van der Waals surface area (Å²) in [5.41, 5.74) is 0. The summed E-state index contributed by atoms with van der Waals surface area (Å²) in [6.07, 6.45) is 1.65. The highest BCUT2D eigenvalue weighted by Gasteiger charge is 2.11. The lowest BCUT2D eigenvalue weighted by Gasteiger charge is -2.02. The zero-order valence-electron chi connectivity index (χ0n) is 5.78. The van der Waals surface area contributed by atoms with Gasteiger partial charge in [0.25, 0.3) is 0 Å². The fraction of sp³-hybridized carbons (Fsp3) is 0.714. The number of carbonyl (C=O) groups excluding carboxylic acids is 1. The Morgan fingerprint density at radius 3 is 2.60 bits per heavy atom. The van der Waals surface area contributed by atoms with Crippen molar-refractivity contribution in [3.05, 3.63) is 6.92 Å². The van der Waals surface area contributed by atoms with Crippen LogP contribution in [0.1, 0.15) is 19.3 Å². The van der Waals surface area contributed by atoms with Gasteiger partial charge in [-0.3, -0.25) is 4.79 Å². The molecule has 0 saturated heterocycles. The maximum absolute atomic E-state index is 10.9. The van der Waals surface area contributed by atoms with Crippen molar-refractivity contribution in [2.75, 3.05) is 5.88 Å². The van der Waals surface area contributed by atoms with Crippen LogP contribution in [0.3, 0.4) is 0 Å². The third-order valence-corrected chi connectivity index (χ3v) is 1.89. The van der Waals surface area contributed by atoms with Crippen molar-refractivity contribution in [2.24, 2.45) is 0 Å². The minimum absolute atomic E-state index is 0.0531. The molecule has 1 radical (unpaired) electrons. The van der Waals surface area contributed by atoms with Crippen LogP contribution in [0.25, 0.3) is 0 Å². The van der Waals surface area contributed by atoms with Gasteiger partial charge in [-0.1, -0.05) is 6.92 Å². The minimum atomic E-state index is -0.414. The van der Waals surface area contributed by atoms with E-state index >= 15 is 0 Å². The van der Waals surface area contributed by atoms with Crippen LogP contribution in [0, 0.1) is 6.92 Å². The molecule has 0 N–H and O–H groups in total. The molecule has 3 heteroatoms. The molecule has 0 amide bonds. The first-order valence-electron chi connectivity index (χ1n) is 3.24. The Kier molecular flexibility index (Phi) is 6.14. The van der Waals surface area contributed by atoms with Crippen molar-refractivity contribution in [3.63, 3.8) is 0 Å². The van der Waals surface area contributed by atoms with Crippen LogP contribution in [0.15, 0.2) is 0 Å². The molecule has 0 saturated carbocycles. The normalized spacial score (nSPS) is 13.1. The monoisotopic (exact) mass is 181 g/mol. The lowest BCUT2D eigenvalue weighted by atomic mass is 10.1. The smallest absolute Gasteiger partial charge is 0.150 e. The second kappa shape index (κ2) is 5.99. The molecule has 10 heavy (non-hydrogen) atoms. The van der Waals surface area contributed by atoms with Crippen molar-refractivity contribution in [1.29, 1.82) is 0 Å². The number of carbonyl (C=O) groups is 1. The standard InChI is InChI=1S/C7H11Cl2O/c1-2-6(9)7(10)4-3-5-8/h6H,1-5H2. The summed E-state index contributed by atoms with van der Waals surface area (Å²) >= 11 is 11.0. The first-order chi connectivity index (χ1) is 4.72. The van der Waals surface area contributed by atoms with E-state index in [0.717, 1.165) is 0 Å². The Hall–Kier alpha value is 0.250. The summed E-state index contributed by atoms with van der Waals surface area (Å²) < 4.78 is 0. The number of Topliss-reactive ketones (excluding diaryl/α,β-unsaturated/α-hetero) is 1. The summed E-state index contributed by atoms with van der Waals surface area (Å²) in [6.45, 7) is 3.53. The Labute approximate surface area is 71.7 Å². The summed E-state index contributed by atoms with van der Waals surface area (Å²) in [4.78, 5) is 10.9. The fourth-order valence-corrected chi connectivity index (χ4v) is 0.801. The predicted molar refractivity (Wildman–Crippen MR) is 44.6 cm³/mol. The van der Waals surface area contributed by atoms with E-state index in [9.17, 15) is 4.79 Å². The van der Waals surface area contributed by atoms with E-state index in [2.05, 4.69) is 6.92 Å². The zero-order chi connectivity index (χ0) is 7.98. The molecular formula is C7H11Cl2O. The van der Waals surface area contributed by atoms with Crippen LogP contribution in [-0.4, -0.2) is 17.0 Å². The number of alkyl halides is 2. The molecule has 1 nitrogen and oxygen atoms in total. The molecule has 1 unspecified atom stereocenters. The van der Waals surface area contributed by atoms with Crippen molar-refractivity contribution < 1.29 is 4.79 Å². The van der Waals surface area contributed by atoms with Gasteiger partial charge in [-0.2, -0.15) is 0 Å². The largest absolute Gasteiger partial charge is 0.298 e. The van der Waals surface area contributed by atoms with Gasteiger partial charge >= 0.3 is 0 Å². The highest BCUT2D eigenvalue weighted by atomic mass is 35.5. The zero-order valence-corrected chi connectivity index (χ0v) is 7.29. The minimum Gasteiger partial charge on any atom is -0.298 e. The van der Waals surface area contributed by atoms with Gasteiger partial charge in [0.2, 0.25) is 0 Å². The average Bonchev–Trinajstić information content (AvgIpc) is 1.98. The SMILES string of the molecule is [CH2]CC(Cl)C(=O)CCCCl. The topological polar surface area (TPSA) is 17.1 Å². The van der Waals surface area contributed by atoms with Crippen molar-refractivity contribution in [2.45, 2.75) is 24.6 Å². The van der Waals surface area contributed by atoms with Crippen LogP contribution in [0.2, 0.25) is 0 Å². The van der Waals surface area contributed by atoms with Crippen molar-refractivity contribution >= 4 is 29.0 Å². The van der Waals surface area contributed by atoms with Crippen LogP contribution in [0.5, 0.6) is 0 Å². The van der Waals surface area contributed by atoms with E-state index in [1.807, 2.05) is 0 Å². The number of halogens is 2. The maximum Gasteiger partial charge on any atom is 0.150 e. The molecule has 0 aromatic carbocycles. The van der Waals surface area contributed by atoms with Crippen molar-refractivity contribution in [1.82, 2.24) is 0 Å². The van der Waals surface area contributed by atoms with Crippen LogP contribution in [-0.2, 0) is 4.79 Å². The predicted octanol–water partition coefficient (Wildman–Crippen LogP) is 2.41. The molecule has 0 aromatic rings. The quantitative estimate of drug-likeness (QED) is 0.596. The average molecular weight is 182 g/mol.